The van der Waals surface area contributed by atoms with Crippen LogP contribution in [0.1, 0.15) is 33.1 Å². The van der Waals surface area contributed by atoms with Gasteiger partial charge in [0.15, 0.2) is 0 Å². The third-order valence-corrected chi connectivity index (χ3v) is 3.55. The number of hydrogen-bond acceptors (Lipinski definition) is 3. The Morgan fingerprint density at radius 1 is 1.32 bits per heavy atom. The minimum Gasteiger partial charge on any atom is -0.481 e. The van der Waals surface area contributed by atoms with Crippen LogP contribution in [-0.2, 0) is 4.79 Å². The van der Waals surface area contributed by atoms with E-state index in [1.807, 2.05) is 4.90 Å². The highest BCUT2D eigenvalue weighted by molar-refractivity contribution is 5.74. The number of carbonyl (C=O) groups is 2. The molecule has 1 rings (SSSR count). The molecular formula is C13H25N3O3. The average Bonchev–Trinajstić information content (AvgIpc) is 2.37. The number of likely N-dealkylation sites (N-methyl/N-ethyl adjacent to an activating group) is 1. The molecule has 0 bridgehead atoms. The van der Waals surface area contributed by atoms with E-state index >= 15 is 0 Å². The summed E-state index contributed by atoms with van der Waals surface area (Å²) in [5, 5.41) is 11.4. The number of urea groups is 1. The number of hydrogen-bond donors (Lipinski definition) is 2. The number of carboxylic acid groups (broad SMARTS) is 1. The van der Waals surface area contributed by atoms with Crippen LogP contribution in [0.2, 0.25) is 0 Å². The highest BCUT2D eigenvalue weighted by atomic mass is 16.4. The number of rotatable bonds is 6. The lowest BCUT2D eigenvalue weighted by atomic mass is 10.2. The summed E-state index contributed by atoms with van der Waals surface area (Å²) in [4.78, 5) is 26.5. The van der Waals surface area contributed by atoms with Crippen molar-refractivity contribution < 1.29 is 14.7 Å². The van der Waals surface area contributed by atoms with Gasteiger partial charge in [-0.1, -0.05) is 6.92 Å². The number of unbranched alkanes of at least 4 members (excludes halogenated alkanes) is 1. The molecule has 1 fully saturated rings. The molecule has 1 unspecified atom stereocenters. The summed E-state index contributed by atoms with van der Waals surface area (Å²) in [6, 6.07) is 0.370. The predicted octanol–water partition coefficient (Wildman–Crippen LogP) is 0.977. The molecule has 0 aliphatic carbocycles. The van der Waals surface area contributed by atoms with Crippen molar-refractivity contribution in [2.45, 2.75) is 39.2 Å². The molecular weight excluding hydrogens is 246 g/mol. The Bertz CT molecular complexity index is 310. The number of carboxylic acids is 1. The van der Waals surface area contributed by atoms with Gasteiger partial charge in [-0.05, 0) is 26.3 Å². The summed E-state index contributed by atoms with van der Waals surface area (Å²) in [7, 11) is 0. The maximum atomic E-state index is 11.9. The van der Waals surface area contributed by atoms with E-state index in [-0.39, 0.29) is 12.5 Å². The van der Waals surface area contributed by atoms with E-state index in [1.165, 1.54) is 0 Å². The van der Waals surface area contributed by atoms with Crippen molar-refractivity contribution in [3.8, 4) is 0 Å². The van der Waals surface area contributed by atoms with E-state index < -0.39 is 5.97 Å². The van der Waals surface area contributed by atoms with Crippen LogP contribution in [0.25, 0.3) is 0 Å². The number of nitrogens with zero attached hydrogens (tertiary/aromatic N) is 2. The van der Waals surface area contributed by atoms with Gasteiger partial charge in [-0.25, -0.2) is 4.79 Å². The van der Waals surface area contributed by atoms with Crippen LogP contribution in [0.4, 0.5) is 4.79 Å². The molecule has 2 amide bonds. The predicted molar refractivity (Wildman–Crippen MR) is 73.2 cm³/mol. The van der Waals surface area contributed by atoms with Gasteiger partial charge >= 0.3 is 12.0 Å². The summed E-state index contributed by atoms with van der Waals surface area (Å²) >= 11 is 0. The van der Waals surface area contributed by atoms with Gasteiger partial charge in [0.1, 0.15) is 0 Å². The van der Waals surface area contributed by atoms with Gasteiger partial charge in [0.25, 0.3) is 0 Å². The molecule has 0 saturated carbocycles. The van der Waals surface area contributed by atoms with Crippen molar-refractivity contribution in [1.82, 2.24) is 15.1 Å². The number of piperazine rings is 1. The molecule has 0 aromatic rings. The van der Waals surface area contributed by atoms with Crippen LogP contribution < -0.4 is 5.32 Å². The molecule has 0 aromatic heterocycles. The monoisotopic (exact) mass is 271 g/mol. The van der Waals surface area contributed by atoms with Crippen LogP contribution in [0.3, 0.4) is 0 Å². The summed E-state index contributed by atoms with van der Waals surface area (Å²) in [6.07, 6.45) is 1.49. The van der Waals surface area contributed by atoms with Gasteiger partial charge in [0, 0.05) is 38.6 Å². The van der Waals surface area contributed by atoms with Crippen molar-refractivity contribution in [3.05, 3.63) is 0 Å². The van der Waals surface area contributed by atoms with Crippen molar-refractivity contribution >= 4 is 12.0 Å². The fraction of sp³-hybridized carbons (Fsp3) is 0.846. The molecule has 0 aromatic carbocycles. The molecule has 6 nitrogen and oxygen atoms in total. The summed E-state index contributed by atoms with van der Waals surface area (Å²) in [5.74, 6) is -0.782. The van der Waals surface area contributed by atoms with Crippen LogP contribution in [0.15, 0.2) is 0 Å². The molecule has 0 radical (unpaired) electrons. The molecule has 0 spiro atoms. The van der Waals surface area contributed by atoms with Crippen LogP contribution in [0.5, 0.6) is 0 Å². The zero-order chi connectivity index (χ0) is 14.3. The molecule has 110 valence electrons. The first-order valence-electron chi connectivity index (χ1n) is 7.03. The molecule has 19 heavy (non-hydrogen) atoms. The van der Waals surface area contributed by atoms with Crippen molar-refractivity contribution in [2.24, 2.45) is 0 Å². The number of nitrogens with one attached hydrogen (secondary N) is 1. The second kappa shape index (κ2) is 7.99. The molecule has 2 N–H and O–H groups in total. The Hall–Kier alpha value is -1.30. The van der Waals surface area contributed by atoms with E-state index in [0.29, 0.717) is 25.4 Å². The van der Waals surface area contributed by atoms with Crippen molar-refractivity contribution in [2.75, 3.05) is 32.7 Å². The Morgan fingerprint density at radius 2 is 2.05 bits per heavy atom. The maximum Gasteiger partial charge on any atom is 0.317 e. The van der Waals surface area contributed by atoms with Crippen molar-refractivity contribution in [1.29, 1.82) is 0 Å². The Labute approximate surface area is 114 Å². The molecule has 6 heteroatoms. The molecule has 1 saturated heterocycles. The van der Waals surface area contributed by atoms with Gasteiger partial charge in [0.2, 0.25) is 0 Å². The first kappa shape index (κ1) is 15.8. The molecule has 1 heterocycles. The van der Waals surface area contributed by atoms with Gasteiger partial charge in [-0.2, -0.15) is 0 Å². The molecule has 1 aliphatic rings. The van der Waals surface area contributed by atoms with Crippen LogP contribution >= 0.6 is 0 Å². The fourth-order valence-corrected chi connectivity index (χ4v) is 2.36. The normalized spacial score (nSPS) is 20.3. The first-order chi connectivity index (χ1) is 9.04. The highest BCUT2D eigenvalue weighted by Gasteiger charge is 2.25. The lowest BCUT2D eigenvalue weighted by Gasteiger charge is -2.39. The Morgan fingerprint density at radius 3 is 2.63 bits per heavy atom. The SMILES string of the molecule is CCN1CCN(C(=O)NCCCCC(=O)O)CC1C. The topological polar surface area (TPSA) is 72.9 Å². The minimum atomic E-state index is -0.782. The lowest BCUT2D eigenvalue weighted by Crippen LogP contribution is -2.55. The quantitative estimate of drug-likeness (QED) is 0.706. The number of amides is 2. The average molecular weight is 271 g/mol. The van der Waals surface area contributed by atoms with Gasteiger partial charge < -0.3 is 15.3 Å². The molecule has 1 aliphatic heterocycles. The number of aliphatic carboxylic acids is 1. The fourth-order valence-electron chi connectivity index (χ4n) is 2.36. The van der Waals surface area contributed by atoms with Crippen LogP contribution in [-0.4, -0.2) is 65.7 Å². The van der Waals surface area contributed by atoms with E-state index in [9.17, 15) is 9.59 Å². The minimum absolute atomic E-state index is 0.0297. The van der Waals surface area contributed by atoms with E-state index in [0.717, 1.165) is 26.2 Å². The third kappa shape index (κ3) is 5.46. The largest absolute Gasteiger partial charge is 0.481 e. The lowest BCUT2D eigenvalue weighted by molar-refractivity contribution is -0.137. The Balaban J connectivity index is 2.18. The summed E-state index contributed by atoms with van der Waals surface area (Å²) < 4.78 is 0. The number of carbonyl (C=O) groups excluding carboxylic acids is 1. The third-order valence-electron chi connectivity index (χ3n) is 3.55. The first-order valence-corrected chi connectivity index (χ1v) is 7.03. The van der Waals surface area contributed by atoms with E-state index in [1.54, 1.807) is 0 Å². The smallest absolute Gasteiger partial charge is 0.317 e. The second-order valence-electron chi connectivity index (χ2n) is 5.01. The van der Waals surface area contributed by atoms with E-state index in [4.69, 9.17) is 5.11 Å². The zero-order valence-corrected chi connectivity index (χ0v) is 11.9. The van der Waals surface area contributed by atoms with Gasteiger partial charge in [-0.15, -0.1) is 0 Å². The van der Waals surface area contributed by atoms with Gasteiger partial charge in [-0.3, -0.25) is 9.69 Å². The second-order valence-corrected chi connectivity index (χ2v) is 5.01. The summed E-state index contributed by atoms with van der Waals surface area (Å²) in [5.41, 5.74) is 0. The Kier molecular flexibility index (Phi) is 6.62. The maximum absolute atomic E-state index is 11.9. The highest BCUT2D eigenvalue weighted by Crippen LogP contribution is 2.08. The van der Waals surface area contributed by atoms with Crippen molar-refractivity contribution in [3.63, 3.8) is 0 Å². The van der Waals surface area contributed by atoms with E-state index in [2.05, 4.69) is 24.1 Å². The van der Waals surface area contributed by atoms with Gasteiger partial charge in [0.05, 0.1) is 0 Å². The standard InChI is InChI=1S/C13H25N3O3/c1-3-15-8-9-16(10-11(15)2)13(19)14-7-5-4-6-12(17)18/h11H,3-10H2,1-2H3,(H,14,19)(H,17,18). The van der Waals surface area contributed by atoms with Crippen LogP contribution in [0, 0.1) is 0 Å². The molecule has 1 atom stereocenters. The zero-order valence-electron chi connectivity index (χ0n) is 11.9. The summed E-state index contributed by atoms with van der Waals surface area (Å²) in [6.45, 7) is 8.28.